The molecule has 6 heteroatoms. The van der Waals surface area contributed by atoms with E-state index in [9.17, 15) is 4.79 Å². The molecule has 1 saturated carbocycles. The van der Waals surface area contributed by atoms with Gasteiger partial charge in [0.1, 0.15) is 16.5 Å². The van der Waals surface area contributed by atoms with Crippen LogP contribution in [-0.4, -0.2) is 28.5 Å². The molecule has 1 N–H and O–H groups in total. The van der Waals surface area contributed by atoms with Crippen molar-refractivity contribution in [3.8, 4) is 16.3 Å². The van der Waals surface area contributed by atoms with E-state index >= 15 is 0 Å². The van der Waals surface area contributed by atoms with Gasteiger partial charge in [0.2, 0.25) is 0 Å². The third-order valence-electron chi connectivity index (χ3n) is 5.85. The molecule has 5 nitrogen and oxygen atoms in total. The van der Waals surface area contributed by atoms with E-state index in [4.69, 9.17) is 4.74 Å². The summed E-state index contributed by atoms with van der Waals surface area (Å²) in [6.07, 6.45) is 7.90. The van der Waals surface area contributed by atoms with Gasteiger partial charge in [0.25, 0.3) is 5.91 Å². The molecular weight excluding hydrogens is 394 g/mol. The van der Waals surface area contributed by atoms with Crippen LogP contribution in [0, 0.1) is 6.92 Å². The van der Waals surface area contributed by atoms with Crippen LogP contribution >= 0.6 is 11.3 Å². The molecule has 0 unspecified atom stereocenters. The Morgan fingerprint density at radius 3 is 2.77 bits per heavy atom. The molecule has 1 amide bonds. The van der Waals surface area contributed by atoms with Crippen LogP contribution in [0.25, 0.3) is 10.6 Å². The van der Waals surface area contributed by atoms with Crippen molar-refractivity contribution in [2.75, 3.05) is 6.61 Å². The maximum atomic E-state index is 12.8. The molecule has 0 radical (unpaired) electrons. The van der Waals surface area contributed by atoms with Crippen LogP contribution in [0.1, 0.15) is 57.9 Å². The molecule has 5 rings (SSSR count). The zero-order chi connectivity index (χ0) is 20.5. The van der Waals surface area contributed by atoms with Crippen LogP contribution in [0.3, 0.4) is 0 Å². The number of hydrogen-bond donors (Lipinski definition) is 1. The second-order valence-electron chi connectivity index (χ2n) is 8.15. The minimum absolute atomic E-state index is 0.0627. The second kappa shape index (κ2) is 8.19. The van der Waals surface area contributed by atoms with Crippen LogP contribution in [0.5, 0.6) is 5.75 Å². The van der Waals surface area contributed by atoms with Gasteiger partial charge < -0.3 is 10.1 Å². The van der Waals surface area contributed by atoms with Gasteiger partial charge in [-0.05, 0) is 31.4 Å². The van der Waals surface area contributed by atoms with E-state index in [1.807, 2.05) is 12.3 Å². The molecule has 1 aliphatic carbocycles. The fourth-order valence-electron chi connectivity index (χ4n) is 4.29. The number of thiazole rings is 1. The Kier molecular flexibility index (Phi) is 5.25. The number of carbonyl (C=O) groups excluding carboxylic acids is 1. The van der Waals surface area contributed by atoms with Gasteiger partial charge in [0.05, 0.1) is 12.3 Å². The zero-order valence-corrected chi connectivity index (χ0v) is 17.9. The number of aryl methyl sites for hydroxylation is 1. The number of ether oxygens (including phenoxy) is 1. The first-order valence-electron chi connectivity index (χ1n) is 10.6. The molecule has 0 saturated heterocycles. The zero-order valence-electron chi connectivity index (χ0n) is 17.1. The van der Waals surface area contributed by atoms with E-state index in [0.717, 1.165) is 46.8 Å². The lowest BCUT2D eigenvalue weighted by atomic mass is 10.0. The number of benzene rings is 1. The molecule has 3 aromatic rings. The number of hydrogen-bond acceptors (Lipinski definition) is 5. The van der Waals surface area contributed by atoms with E-state index in [2.05, 4.69) is 46.5 Å². The summed E-state index contributed by atoms with van der Waals surface area (Å²) in [6.45, 7) is 2.70. The highest BCUT2D eigenvalue weighted by Gasteiger charge is 2.24. The van der Waals surface area contributed by atoms with Crippen LogP contribution in [0.15, 0.2) is 36.5 Å². The van der Waals surface area contributed by atoms with Gasteiger partial charge in [0, 0.05) is 41.1 Å². The lowest BCUT2D eigenvalue weighted by Gasteiger charge is -2.14. The van der Waals surface area contributed by atoms with Gasteiger partial charge in [-0.25, -0.2) is 9.97 Å². The molecule has 3 heterocycles. The first-order chi connectivity index (χ1) is 14.7. The molecular formula is C24H25N3O2S. The van der Waals surface area contributed by atoms with Crippen molar-refractivity contribution >= 4 is 17.2 Å². The summed E-state index contributed by atoms with van der Waals surface area (Å²) < 4.78 is 5.86. The number of aromatic nitrogens is 2. The highest BCUT2D eigenvalue weighted by Crippen LogP contribution is 2.32. The predicted octanol–water partition coefficient (Wildman–Crippen LogP) is 4.71. The van der Waals surface area contributed by atoms with Crippen molar-refractivity contribution in [2.24, 2.45) is 0 Å². The monoisotopic (exact) mass is 419 g/mol. The Balaban J connectivity index is 1.38. The lowest BCUT2D eigenvalue weighted by molar-refractivity contribution is 0.0932. The Morgan fingerprint density at radius 2 is 2.03 bits per heavy atom. The van der Waals surface area contributed by atoms with Gasteiger partial charge in [-0.15, -0.1) is 11.3 Å². The van der Waals surface area contributed by atoms with Gasteiger partial charge in [-0.2, -0.15) is 0 Å². The fourth-order valence-corrected chi connectivity index (χ4v) is 5.06. The smallest absolute Gasteiger partial charge is 0.270 e. The number of amides is 1. The normalized spacial score (nSPS) is 15.8. The maximum absolute atomic E-state index is 12.8. The molecule has 1 aromatic carbocycles. The minimum Gasteiger partial charge on any atom is -0.491 e. The predicted molar refractivity (Wildman–Crippen MR) is 118 cm³/mol. The number of carbonyl (C=O) groups is 1. The Morgan fingerprint density at radius 1 is 1.23 bits per heavy atom. The third-order valence-corrected chi connectivity index (χ3v) is 6.81. The number of nitrogens with one attached hydrogen (secondary N) is 1. The van der Waals surface area contributed by atoms with Crippen molar-refractivity contribution < 1.29 is 9.53 Å². The minimum atomic E-state index is -0.0627. The fraction of sp³-hybridized carbons (Fsp3) is 0.375. The van der Waals surface area contributed by atoms with Gasteiger partial charge in [-0.1, -0.05) is 37.1 Å². The van der Waals surface area contributed by atoms with Crippen LogP contribution in [0.2, 0.25) is 0 Å². The lowest BCUT2D eigenvalue weighted by Crippen LogP contribution is -2.33. The summed E-state index contributed by atoms with van der Waals surface area (Å²) >= 11 is 1.70. The van der Waals surface area contributed by atoms with Crippen LogP contribution in [0.4, 0.5) is 0 Å². The summed E-state index contributed by atoms with van der Waals surface area (Å²) in [6, 6.07) is 10.7. The second-order valence-corrected chi connectivity index (χ2v) is 9.38. The summed E-state index contributed by atoms with van der Waals surface area (Å²) in [4.78, 5) is 23.1. The standard InChI is InChI=1S/C24H25N3O2S/c1-15-14-25-24(30-15)17-8-6-16(7-9-17)12-18-13-21(27-20-10-11-29-22(18)20)23(28)26-19-4-2-3-5-19/h6-9,13-14,19H,2-5,10-12H2,1H3,(H,26,28). The van der Waals surface area contributed by atoms with Gasteiger partial charge in [-0.3, -0.25) is 4.79 Å². The molecule has 154 valence electrons. The van der Waals surface area contributed by atoms with Crippen molar-refractivity contribution in [1.82, 2.24) is 15.3 Å². The van der Waals surface area contributed by atoms with Crippen molar-refractivity contribution in [3.05, 3.63) is 63.9 Å². The van der Waals surface area contributed by atoms with Crippen LogP contribution in [-0.2, 0) is 12.8 Å². The molecule has 0 bridgehead atoms. The highest BCUT2D eigenvalue weighted by molar-refractivity contribution is 7.14. The van der Waals surface area contributed by atoms with Gasteiger partial charge in [0.15, 0.2) is 0 Å². The number of fused-ring (bicyclic) bond motifs is 1. The van der Waals surface area contributed by atoms with E-state index < -0.39 is 0 Å². The summed E-state index contributed by atoms with van der Waals surface area (Å²) in [5.41, 5.74) is 4.75. The number of rotatable bonds is 5. The molecule has 1 aliphatic heterocycles. The van der Waals surface area contributed by atoms with E-state index in [0.29, 0.717) is 18.7 Å². The van der Waals surface area contributed by atoms with E-state index in [1.165, 1.54) is 23.3 Å². The molecule has 2 aliphatic rings. The molecule has 30 heavy (non-hydrogen) atoms. The quantitative estimate of drug-likeness (QED) is 0.650. The number of nitrogens with zero attached hydrogens (tertiary/aromatic N) is 2. The average Bonchev–Trinajstić information content (AvgIpc) is 3.50. The number of pyridine rings is 1. The molecule has 1 fully saturated rings. The van der Waals surface area contributed by atoms with E-state index in [1.54, 1.807) is 11.3 Å². The molecule has 0 spiro atoms. The first kappa shape index (κ1) is 19.2. The van der Waals surface area contributed by atoms with Crippen molar-refractivity contribution in [2.45, 2.75) is 51.5 Å². The summed E-state index contributed by atoms with van der Waals surface area (Å²) in [5, 5.41) is 4.20. The SMILES string of the molecule is Cc1cnc(-c2ccc(Cc3cc(C(=O)NC4CCCC4)nc4c3OCC4)cc2)s1. The third kappa shape index (κ3) is 3.97. The highest BCUT2D eigenvalue weighted by atomic mass is 32.1. The van der Waals surface area contributed by atoms with Crippen molar-refractivity contribution in [1.29, 1.82) is 0 Å². The average molecular weight is 420 g/mol. The molecule has 2 aromatic heterocycles. The first-order valence-corrected chi connectivity index (χ1v) is 11.5. The topological polar surface area (TPSA) is 64.1 Å². The van der Waals surface area contributed by atoms with E-state index in [-0.39, 0.29) is 11.9 Å². The molecule has 0 atom stereocenters. The van der Waals surface area contributed by atoms with Crippen LogP contribution < -0.4 is 10.1 Å². The summed E-state index contributed by atoms with van der Waals surface area (Å²) in [7, 11) is 0. The summed E-state index contributed by atoms with van der Waals surface area (Å²) in [5.74, 6) is 0.791. The van der Waals surface area contributed by atoms with Crippen molar-refractivity contribution in [3.63, 3.8) is 0 Å². The Bertz CT molecular complexity index is 1070. The Hall–Kier alpha value is -2.73. The largest absolute Gasteiger partial charge is 0.491 e. The maximum Gasteiger partial charge on any atom is 0.270 e. The van der Waals surface area contributed by atoms with Gasteiger partial charge >= 0.3 is 0 Å². The Labute approximate surface area is 180 Å².